The molecule has 25 heavy (non-hydrogen) atoms. The van der Waals surface area contributed by atoms with E-state index >= 15 is 0 Å². The SMILES string of the molecule is Cc1ccc(Nc2ncnc(Nc3ccc(C)cn3)c2[N+](=O)[O-])cc1. The third-order valence-corrected chi connectivity index (χ3v) is 3.48. The first-order valence-corrected chi connectivity index (χ1v) is 7.55. The molecule has 0 saturated heterocycles. The summed E-state index contributed by atoms with van der Waals surface area (Å²) in [6, 6.07) is 11.1. The van der Waals surface area contributed by atoms with Gasteiger partial charge < -0.3 is 10.6 Å². The summed E-state index contributed by atoms with van der Waals surface area (Å²) in [5, 5.41) is 17.4. The average Bonchev–Trinajstić information content (AvgIpc) is 2.59. The minimum Gasteiger partial charge on any atom is -0.334 e. The number of nitrogens with zero attached hydrogens (tertiary/aromatic N) is 4. The van der Waals surface area contributed by atoms with E-state index in [-0.39, 0.29) is 17.3 Å². The van der Waals surface area contributed by atoms with Crippen LogP contribution in [0.4, 0.5) is 28.8 Å². The molecule has 0 unspecified atom stereocenters. The third kappa shape index (κ3) is 3.86. The first kappa shape index (κ1) is 16.3. The molecule has 8 nitrogen and oxygen atoms in total. The second-order valence-electron chi connectivity index (χ2n) is 5.51. The summed E-state index contributed by atoms with van der Waals surface area (Å²) < 4.78 is 0. The van der Waals surface area contributed by atoms with Gasteiger partial charge in [-0.3, -0.25) is 10.1 Å². The Bertz CT molecular complexity index is 828. The van der Waals surface area contributed by atoms with Crippen molar-refractivity contribution in [2.24, 2.45) is 0 Å². The summed E-state index contributed by atoms with van der Waals surface area (Å²) >= 11 is 0. The number of pyridine rings is 1. The Morgan fingerprint density at radius 2 is 1.52 bits per heavy atom. The molecule has 3 aromatic rings. The van der Waals surface area contributed by atoms with Crippen LogP contribution < -0.4 is 10.6 Å². The fraction of sp³-hybridized carbons (Fsp3) is 0.118. The molecule has 126 valence electrons. The van der Waals surface area contributed by atoms with Crippen molar-refractivity contribution in [2.75, 3.05) is 10.6 Å². The van der Waals surface area contributed by atoms with E-state index in [0.717, 1.165) is 11.1 Å². The molecular weight excluding hydrogens is 320 g/mol. The van der Waals surface area contributed by atoms with E-state index in [0.29, 0.717) is 11.5 Å². The van der Waals surface area contributed by atoms with Crippen LogP contribution in [0.3, 0.4) is 0 Å². The van der Waals surface area contributed by atoms with Crippen LogP contribution in [0.1, 0.15) is 11.1 Å². The molecule has 0 aliphatic heterocycles. The van der Waals surface area contributed by atoms with Gasteiger partial charge in [0.05, 0.1) is 4.92 Å². The van der Waals surface area contributed by atoms with E-state index in [1.54, 1.807) is 12.3 Å². The normalized spacial score (nSPS) is 10.3. The van der Waals surface area contributed by atoms with Crippen LogP contribution in [0, 0.1) is 24.0 Å². The minimum atomic E-state index is -0.521. The predicted octanol–water partition coefficient (Wildman–Crippen LogP) is 3.88. The lowest BCUT2D eigenvalue weighted by Crippen LogP contribution is -2.06. The Hall–Kier alpha value is -3.55. The highest BCUT2D eigenvalue weighted by Crippen LogP contribution is 2.32. The van der Waals surface area contributed by atoms with Gasteiger partial charge in [-0.15, -0.1) is 0 Å². The first-order valence-electron chi connectivity index (χ1n) is 7.55. The van der Waals surface area contributed by atoms with Gasteiger partial charge in [-0.1, -0.05) is 23.8 Å². The second kappa shape index (κ2) is 6.91. The van der Waals surface area contributed by atoms with Gasteiger partial charge in [-0.05, 0) is 37.6 Å². The smallest absolute Gasteiger partial charge is 0.334 e. The van der Waals surface area contributed by atoms with Crippen molar-refractivity contribution >= 4 is 28.8 Å². The number of hydrogen-bond acceptors (Lipinski definition) is 7. The number of hydrogen-bond donors (Lipinski definition) is 2. The molecule has 0 bridgehead atoms. The molecule has 3 rings (SSSR count). The van der Waals surface area contributed by atoms with Gasteiger partial charge in [0.2, 0.25) is 11.6 Å². The quantitative estimate of drug-likeness (QED) is 0.538. The number of aryl methyl sites for hydroxylation is 2. The maximum Gasteiger partial charge on any atom is 0.353 e. The topological polar surface area (TPSA) is 106 Å². The molecule has 0 aliphatic carbocycles. The standard InChI is InChI=1S/C17H16N6O2/c1-11-3-6-13(7-4-11)21-16-15(23(24)25)17(20-10-19-16)22-14-8-5-12(2)9-18-14/h3-10H,1-2H3,(H2,18,19,20,21,22). The van der Waals surface area contributed by atoms with Gasteiger partial charge in [-0.25, -0.2) is 15.0 Å². The first-order chi connectivity index (χ1) is 12.0. The van der Waals surface area contributed by atoms with Crippen molar-refractivity contribution in [3.8, 4) is 0 Å². The Morgan fingerprint density at radius 1 is 0.880 bits per heavy atom. The van der Waals surface area contributed by atoms with Crippen LogP contribution in [0.2, 0.25) is 0 Å². The van der Waals surface area contributed by atoms with Crippen molar-refractivity contribution in [1.29, 1.82) is 0 Å². The highest BCUT2D eigenvalue weighted by molar-refractivity contribution is 5.76. The second-order valence-corrected chi connectivity index (χ2v) is 5.51. The summed E-state index contributed by atoms with van der Waals surface area (Å²) in [4.78, 5) is 23.2. The number of rotatable bonds is 5. The fourth-order valence-electron chi connectivity index (χ4n) is 2.17. The maximum atomic E-state index is 11.6. The van der Waals surface area contributed by atoms with Gasteiger partial charge in [0.1, 0.15) is 12.1 Å². The number of anilines is 4. The summed E-state index contributed by atoms with van der Waals surface area (Å²) in [7, 11) is 0. The number of benzene rings is 1. The van der Waals surface area contributed by atoms with Crippen molar-refractivity contribution in [3.05, 3.63) is 70.2 Å². The van der Waals surface area contributed by atoms with Gasteiger partial charge in [0.15, 0.2) is 0 Å². The van der Waals surface area contributed by atoms with Crippen LogP contribution in [-0.4, -0.2) is 19.9 Å². The molecular formula is C17H16N6O2. The zero-order chi connectivity index (χ0) is 17.8. The van der Waals surface area contributed by atoms with Crippen LogP contribution in [0.15, 0.2) is 48.9 Å². The van der Waals surface area contributed by atoms with Gasteiger partial charge >= 0.3 is 5.69 Å². The van der Waals surface area contributed by atoms with Gasteiger partial charge in [0, 0.05) is 11.9 Å². The lowest BCUT2D eigenvalue weighted by Gasteiger charge is -2.10. The molecule has 0 saturated carbocycles. The van der Waals surface area contributed by atoms with E-state index in [1.807, 2.05) is 44.2 Å². The van der Waals surface area contributed by atoms with E-state index in [4.69, 9.17) is 0 Å². The summed E-state index contributed by atoms with van der Waals surface area (Å²) in [5.74, 6) is 0.651. The molecule has 0 spiro atoms. The molecule has 0 radical (unpaired) electrons. The van der Waals surface area contributed by atoms with Crippen LogP contribution in [0.5, 0.6) is 0 Å². The third-order valence-electron chi connectivity index (χ3n) is 3.48. The predicted molar refractivity (Wildman–Crippen MR) is 95.4 cm³/mol. The molecule has 0 atom stereocenters. The van der Waals surface area contributed by atoms with Crippen molar-refractivity contribution in [2.45, 2.75) is 13.8 Å². The molecule has 8 heteroatoms. The lowest BCUT2D eigenvalue weighted by atomic mass is 10.2. The van der Waals surface area contributed by atoms with Crippen LogP contribution >= 0.6 is 0 Å². The number of nitrogens with one attached hydrogen (secondary N) is 2. The van der Waals surface area contributed by atoms with E-state index in [2.05, 4.69) is 25.6 Å². The van der Waals surface area contributed by atoms with E-state index in [1.165, 1.54) is 6.33 Å². The molecule has 0 amide bonds. The van der Waals surface area contributed by atoms with Crippen molar-refractivity contribution in [1.82, 2.24) is 15.0 Å². The van der Waals surface area contributed by atoms with E-state index in [9.17, 15) is 10.1 Å². The number of nitro groups is 1. The fourth-order valence-corrected chi connectivity index (χ4v) is 2.17. The zero-order valence-corrected chi connectivity index (χ0v) is 13.7. The Kier molecular flexibility index (Phi) is 4.51. The van der Waals surface area contributed by atoms with Crippen LogP contribution in [0.25, 0.3) is 0 Å². The average molecular weight is 336 g/mol. The van der Waals surface area contributed by atoms with Crippen LogP contribution in [-0.2, 0) is 0 Å². The Morgan fingerprint density at radius 3 is 2.12 bits per heavy atom. The molecule has 2 heterocycles. The monoisotopic (exact) mass is 336 g/mol. The Balaban J connectivity index is 1.94. The highest BCUT2D eigenvalue weighted by Gasteiger charge is 2.23. The van der Waals surface area contributed by atoms with E-state index < -0.39 is 4.92 Å². The molecule has 0 aliphatic rings. The maximum absolute atomic E-state index is 11.6. The van der Waals surface area contributed by atoms with Gasteiger partial charge in [-0.2, -0.15) is 0 Å². The van der Waals surface area contributed by atoms with Crippen molar-refractivity contribution < 1.29 is 4.92 Å². The summed E-state index contributed by atoms with van der Waals surface area (Å²) in [6.45, 7) is 3.88. The summed E-state index contributed by atoms with van der Waals surface area (Å²) in [5.41, 5.74) is 2.54. The molecule has 0 fully saturated rings. The Labute approximate surface area is 144 Å². The van der Waals surface area contributed by atoms with Crippen molar-refractivity contribution in [3.63, 3.8) is 0 Å². The minimum absolute atomic E-state index is 0.0750. The number of aromatic nitrogens is 3. The lowest BCUT2D eigenvalue weighted by molar-refractivity contribution is -0.383. The molecule has 2 aromatic heterocycles. The van der Waals surface area contributed by atoms with Gasteiger partial charge in [0.25, 0.3) is 0 Å². The highest BCUT2D eigenvalue weighted by atomic mass is 16.6. The largest absolute Gasteiger partial charge is 0.353 e. The molecule has 2 N–H and O–H groups in total. The zero-order valence-electron chi connectivity index (χ0n) is 13.7. The molecule has 1 aromatic carbocycles. The summed E-state index contributed by atoms with van der Waals surface area (Å²) in [6.07, 6.45) is 2.93.